The number of carbonyl (C=O) groups is 1. The summed E-state index contributed by atoms with van der Waals surface area (Å²) in [6.45, 7) is 6.04. The lowest BCUT2D eigenvalue weighted by Crippen LogP contribution is -2.15. The van der Waals surface area contributed by atoms with Crippen molar-refractivity contribution in [3.05, 3.63) is 41.7 Å². The van der Waals surface area contributed by atoms with Crippen molar-refractivity contribution in [3.63, 3.8) is 0 Å². The predicted octanol–water partition coefficient (Wildman–Crippen LogP) is 3.76. The van der Waals surface area contributed by atoms with Gasteiger partial charge in [-0.15, -0.1) is 11.8 Å². The van der Waals surface area contributed by atoms with E-state index in [9.17, 15) is 4.79 Å². The summed E-state index contributed by atoms with van der Waals surface area (Å²) in [6, 6.07) is 8.26. The van der Waals surface area contributed by atoms with Crippen LogP contribution in [0, 0.1) is 6.92 Å². The Kier molecular flexibility index (Phi) is 5.07. The van der Waals surface area contributed by atoms with Crippen LogP contribution in [0.2, 0.25) is 0 Å². The molecule has 0 unspecified atom stereocenters. The first-order chi connectivity index (χ1) is 10.0. The van der Waals surface area contributed by atoms with E-state index < -0.39 is 0 Å². The molecule has 0 spiro atoms. The highest BCUT2D eigenvalue weighted by Gasteiger charge is 2.20. The van der Waals surface area contributed by atoms with Gasteiger partial charge in [0, 0.05) is 10.9 Å². The molecule has 0 saturated heterocycles. The number of ketones is 1. The quantitative estimate of drug-likeness (QED) is 0.602. The van der Waals surface area contributed by atoms with E-state index in [1.165, 1.54) is 17.3 Å². The Morgan fingerprint density at radius 2 is 2.19 bits per heavy atom. The van der Waals surface area contributed by atoms with Crippen molar-refractivity contribution in [2.45, 2.75) is 31.7 Å². The molecule has 0 aliphatic carbocycles. The van der Waals surface area contributed by atoms with Crippen molar-refractivity contribution in [3.8, 4) is 5.75 Å². The molecule has 1 aromatic heterocycles. The summed E-state index contributed by atoms with van der Waals surface area (Å²) in [5.74, 6) is 0.946. The van der Waals surface area contributed by atoms with Gasteiger partial charge in [-0.25, -0.2) is 0 Å². The lowest BCUT2D eigenvalue weighted by molar-refractivity contribution is 0.100. The van der Waals surface area contributed by atoms with Crippen molar-refractivity contribution in [2.75, 3.05) is 12.9 Å². The number of rotatable bonds is 6. The zero-order valence-electron chi connectivity index (χ0n) is 12.8. The summed E-state index contributed by atoms with van der Waals surface area (Å²) in [5.41, 5.74) is 1.74. The summed E-state index contributed by atoms with van der Waals surface area (Å²) in [4.78, 5) is 13.6. The second-order valence-corrected chi connectivity index (χ2v) is 6.18. The van der Waals surface area contributed by atoms with Gasteiger partial charge in [0.15, 0.2) is 11.5 Å². The number of Topliss-reactive ketones (excluding diaryl/α,β-unsaturated/α-hetero) is 1. The van der Waals surface area contributed by atoms with Gasteiger partial charge >= 0.3 is 0 Å². The summed E-state index contributed by atoms with van der Waals surface area (Å²) < 4.78 is 6.98. The molecule has 0 radical (unpaired) electrons. The fraction of sp³-hybridized carbons (Fsp3) is 0.375. The first-order valence-electron chi connectivity index (χ1n) is 6.87. The minimum atomic E-state index is 0.0320. The average molecular weight is 304 g/mol. The topological polar surface area (TPSA) is 44.1 Å². The molecule has 0 aliphatic heterocycles. The molecule has 1 aromatic carbocycles. The second kappa shape index (κ2) is 6.80. The highest BCUT2D eigenvalue weighted by Crippen LogP contribution is 2.25. The van der Waals surface area contributed by atoms with Crippen LogP contribution in [0.1, 0.15) is 35.9 Å². The Balaban J connectivity index is 2.15. The molecular formula is C16H20N2O2S. The lowest BCUT2D eigenvalue weighted by atomic mass is 10.2. The Hall–Kier alpha value is -1.75. The van der Waals surface area contributed by atoms with Crippen LogP contribution in [0.25, 0.3) is 0 Å². The van der Waals surface area contributed by atoms with Crippen LogP contribution in [0.3, 0.4) is 0 Å². The van der Waals surface area contributed by atoms with Gasteiger partial charge in [-0.3, -0.25) is 9.48 Å². The summed E-state index contributed by atoms with van der Waals surface area (Å²) in [5, 5.41) is 4.24. The third-order valence-corrected chi connectivity index (χ3v) is 4.09. The van der Waals surface area contributed by atoms with E-state index in [1.54, 1.807) is 18.0 Å². The minimum Gasteiger partial charge on any atom is -0.493 e. The molecule has 0 bridgehead atoms. The predicted molar refractivity (Wildman–Crippen MR) is 85.4 cm³/mol. The second-order valence-electron chi connectivity index (χ2n) is 5.13. The van der Waals surface area contributed by atoms with Crippen LogP contribution >= 0.6 is 11.8 Å². The third kappa shape index (κ3) is 3.67. The van der Waals surface area contributed by atoms with E-state index in [1.807, 2.05) is 39.0 Å². The lowest BCUT2D eigenvalue weighted by Gasteiger charge is -2.11. The number of benzene rings is 1. The van der Waals surface area contributed by atoms with Gasteiger partial charge < -0.3 is 4.74 Å². The first-order valence-corrected chi connectivity index (χ1v) is 7.85. The number of hydrogen-bond acceptors (Lipinski definition) is 4. The molecule has 0 amide bonds. The van der Waals surface area contributed by atoms with E-state index in [2.05, 4.69) is 11.2 Å². The van der Waals surface area contributed by atoms with Gasteiger partial charge in [0.05, 0.1) is 19.1 Å². The number of aromatic nitrogens is 2. The van der Waals surface area contributed by atoms with Crippen LogP contribution in [-0.2, 0) is 0 Å². The largest absolute Gasteiger partial charge is 0.493 e. The Morgan fingerprint density at radius 3 is 2.81 bits per heavy atom. The van der Waals surface area contributed by atoms with Crippen molar-refractivity contribution < 1.29 is 9.53 Å². The van der Waals surface area contributed by atoms with Gasteiger partial charge in [0.25, 0.3) is 0 Å². The molecule has 4 nitrogen and oxygen atoms in total. The van der Waals surface area contributed by atoms with Crippen LogP contribution < -0.4 is 4.74 Å². The Labute approximate surface area is 129 Å². The van der Waals surface area contributed by atoms with Crippen molar-refractivity contribution in [2.24, 2.45) is 0 Å². The summed E-state index contributed by atoms with van der Waals surface area (Å²) in [6.07, 6.45) is 1.60. The molecule has 0 saturated carbocycles. The molecule has 1 heterocycles. The maximum absolute atomic E-state index is 12.5. The molecule has 0 atom stereocenters. The number of methoxy groups -OCH3 is 1. The zero-order valence-corrected chi connectivity index (χ0v) is 13.6. The Bertz CT molecular complexity index is 635. The smallest absolute Gasteiger partial charge is 0.194 e. The molecular weight excluding hydrogens is 284 g/mol. The standard InChI is InChI=1S/C16H20N2O2S/c1-11(2)18-16(15(20-4)9-17-18)14(19)10-21-13-7-5-6-12(3)8-13/h5-9,11H,10H2,1-4H3. The molecule has 0 fully saturated rings. The van der Waals surface area contributed by atoms with E-state index in [0.29, 0.717) is 17.2 Å². The minimum absolute atomic E-state index is 0.0320. The molecule has 21 heavy (non-hydrogen) atoms. The average Bonchev–Trinajstić information content (AvgIpc) is 2.89. The maximum atomic E-state index is 12.5. The van der Waals surface area contributed by atoms with Crippen LogP contribution in [-0.4, -0.2) is 28.4 Å². The van der Waals surface area contributed by atoms with Crippen LogP contribution in [0.4, 0.5) is 0 Å². The zero-order chi connectivity index (χ0) is 15.4. The van der Waals surface area contributed by atoms with Gasteiger partial charge in [-0.1, -0.05) is 17.7 Å². The first kappa shape index (κ1) is 15.6. The molecule has 0 N–H and O–H groups in total. The van der Waals surface area contributed by atoms with Gasteiger partial charge in [-0.05, 0) is 32.9 Å². The number of nitrogens with zero attached hydrogens (tertiary/aromatic N) is 2. The number of ether oxygens (including phenoxy) is 1. The highest BCUT2D eigenvalue weighted by atomic mass is 32.2. The van der Waals surface area contributed by atoms with E-state index in [4.69, 9.17) is 4.74 Å². The normalized spacial score (nSPS) is 10.9. The maximum Gasteiger partial charge on any atom is 0.194 e. The van der Waals surface area contributed by atoms with E-state index >= 15 is 0 Å². The number of hydrogen-bond donors (Lipinski definition) is 0. The fourth-order valence-electron chi connectivity index (χ4n) is 2.07. The summed E-state index contributed by atoms with van der Waals surface area (Å²) >= 11 is 1.53. The fourth-order valence-corrected chi connectivity index (χ4v) is 2.95. The monoisotopic (exact) mass is 304 g/mol. The van der Waals surface area contributed by atoms with E-state index in [0.717, 1.165) is 4.90 Å². The molecule has 5 heteroatoms. The van der Waals surface area contributed by atoms with Crippen molar-refractivity contribution in [1.29, 1.82) is 0 Å². The molecule has 0 aliphatic rings. The van der Waals surface area contributed by atoms with Crippen molar-refractivity contribution >= 4 is 17.5 Å². The number of thioether (sulfide) groups is 1. The highest BCUT2D eigenvalue weighted by molar-refractivity contribution is 8.00. The molecule has 2 rings (SSSR count). The van der Waals surface area contributed by atoms with Crippen LogP contribution in [0.15, 0.2) is 35.4 Å². The molecule has 2 aromatic rings. The third-order valence-electron chi connectivity index (χ3n) is 3.09. The van der Waals surface area contributed by atoms with Gasteiger partial charge in [0.1, 0.15) is 5.69 Å². The van der Waals surface area contributed by atoms with Crippen molar-refractivity contribution in [1.82, 2.24) is 9.78 Å². The Morgan fingerprint density at radius 1 is 1.43 bits per heavy atom. The SMILES string of the molecule is COc1cnn(C(C)C)c1C(=O)CSc1cccc(C)c1. The number of aryl methyl sites for hydroxylation is 1. The van der Waals surface area contributed by atoms with Gasteiger partial charge in [0.2, 0.25) is 0 Å². The number of carbonyl (C=O) groups excluding carboxylic acids is 1. The van der Waals surface area contributed by atoms with Gasteiger partial charge in [-0.2, -0.15) is 5.10 Å². The van der Waals surface area contributed by atoms with E-state index in [-0.39, 0.29) is 11.8 Å². The van der Waals surface area contributed by atoms with Crippen LogP contribution in [0.5, 0.6) is 5.75 Å². The molecule has 112 valence electrons. The summed E-state index contributed by atoms with van der Waals surface area (Å²) in [7, 11) is 1.56.